The van der Waals surface area contributed by atoms with E-state index in [0.29, 0.717) is 12.0 Å². The molecule has 178 valence electrons. The van der Waals surface area contributed by atoms with Crippen molar-refractivity contribution in [3.63, 3.8) is 0 Å². The topological polar surface area (TPSA) is 191 Å². The third-order valence-corrected chi connectivity index (χ3v) is 5.07. The second-order valence-corrected chi connectivity index (χ2v) is 7.66. The minimum Gasteiger partial charge on any atom is -0.508 e. The Bertz CT molecular complexity index is 800. The second-order valence-electron chi connectivity index (χ2n) is 7.66. The number of carboxylic acid groups (broad SMARTS) is 1. The van der Waals surface area contributed by atoms with E-state index in [1.54, 1.807) is 26.0 Å². The highest BCUT2D eigenvalue weighted by molar-refractivity contribution is 5.94. The van der Waals surface area contributed by atoms with E-state index in [1.165, 1.54) is 19.1 Å². The lowest BCUT2D eigenvalue weighted by Crippen LogP contribution is -2.58. The number of phenolic OH excluding ortho intramolecular Hbond substituents is 1. The number of aliphatic carboxylic acids is 1. The number of aromatic hydroxyl groups is 1. The van der Waals surface area contributed by atoms with Crippen LogP contribution in [0.25, 0.3) is 0 Å². The number of amides is 3. The molecule has 0 bridgehead atoms. The summed E-state index contributed by atoms with van der Waals surface area (Å²) in [4.78, 5) is 48.4. The van der Waals surface area contributed by atoms with Crippen molar-refractivity contribution < 1.29 is 34.5 Å². The van der Waals surface area contributed by atoms with Gasteiger partial charge in [0.25, 0.3) is 0 Å². The molecule has 0 spiro atoms. The lowest BCUT2D eigenvalue weighted by Gasteiger charge is -2.24. The predicted octanol–water partition coefficient (Wildman–Crippen LogP) is -1.14. The number of carbonyl (C=O) groups is 4. The number of hydrogen-bond acceptors (Lipinski definition) is 7. The maximum absolute atomic E-state index is 12.4. The molecule has 8 N–H and O–H groups in total. The molecule has 1 aromatic rings. The highest BCUT2D eigenvalue weighted by Gasteiger charge is 2.29. The van der Waals surface area contributed by atoms with Crippen molar-refractivity contribution in [3.05, 3.63) is 29.8 Å². The number of rotatable bonds is 12. The first-order valence-electron chi connectivity index (χ1n) is 10.3. The first-order chi connectivity index (χ1) is 15.0. The molecular formula is C21H32N4O7. The molecular weight excluding hydrogens is 420 g/mol. The molecule has 0 aliphatic rings. The molecule has 11 heteroatoms. The van der Waals surface area contributed by atoms with E-state index in [-0.39, 0.29) is 18.1 Å². The van der Waals surface area contributed by atoms with E-state index >= 15 is 0 Å². The van der Waals surface area contributed by atoms with Crippen molar-refractivity contribution in [1.29, 1.82) is 0 Å². The predicted molar refractivity (Wildman–Crippen MR) is 115 cm³/mol. The van der Waals surface area contributed by atoms with Gasteiger partial charge < -0.3 is 37.0 Å². The molecule has 1 rings (SSSR count). The standard InChI is InChI=1S/C21H32N4O7/c1-4-11(2)17(21(31)32)25-18(28)12(3)23-20(30)16(10-26)24-19(29)15(22)9-13-5-7-14(27)8-6-13/h5-8,11-12,15-17,26-27H,4,9-10,22H2,1-3H3,(H,23,30)(H,24,29)(H,25,28)(H,31,32). The summed E-state index contributed by atoms with van der Waals surface area (Å²) in [7, 11) is 0. The van der Waals surface area contributed by atoms with Crippen LogP contribution in [-0.4, -0.2) is 69.8 Å². The van der Waals surface area contributed by atoms with Gasteiger partial charge in [-0.2, -0.15) is 0 Å². The van der Waals surface area contributed by atoms with Gasteiger partial charge in [-0.3, -0.25) is 14.4 Å². The van der Waals surface area contributed by atoms with Gasteiger partial charge in [0.05, 0.1) is 12.6 Å². The number of nitrogens with one attached hydrogen (secondary N) is 3. The van der Waals surface area contributed by atoms with E-state index in [1.807, 2.05) is 0 Å². The zero-order valence-corrected chi connectivity index (χ0v) is 18.4. The van der Waals surface area contributed by atoms with Crippen molar-refractivity contribution >= 4 is 23.7 Å². The normalized spacial score (nSPS) is 15.5. The first kappa shape index (κ1) is 26.9. The summed E-state index contributed by atoms with van der Waals surface area (Å²) in [5, 5.41) is 35.1. The van der Waals surface area contributed by atoms with E-state index in [2.05, 4.69) is 16.0 Å². The number of aliphatic hydroxyl groups excluding tert-OH is 1. The fourth-order valence-electron chi connectivity index (χ4n) is 2.79. The highest BCUT2D eigenvalue weighted by Crippen LogP contribution is 2.11. The number of phenols is 1. The Balaban J connectivity index is 2.66. The maximum Gasteiger partial charge on any atom is 0.326 e. The molecule has 0 aliphatic carbocycles. The van der Waals surface area contributed by atoms with E-state index in [9.17, 15) is 34.5 Å². The summed E-state index contributed by atoms with van der Waals surface area (Å²) in [6, 6.07) is 1.51. The third-order valence-electron chi connectivity index (χ3n) is 5.07. The van der Waals surface area contributed by atoms with Crippen LogP contribution in [0.5, 0.6) is 5.75 Å². The molecule has 0 fully saturated rings. The first-order valence-corrected chi connectivity index (χ1v) is 10.3. The molecule has 0 saturated heterocycles. The third kappa shape index (κ3) is 8.16. The SMILES string of the molecule is CCC(C)C(NC(=O)C(C)NC(=O)C(CO)NC(=O)C(N)Cc1ccc(O)cc1)C(=O)O. The largest absolute Gasteiger partial charge is 0.508 e. The minimum atomic E-state index is -1.35. The number of carboxylic acids is 1. The van der Waals surface area contributed by atoms with Crippen LogP contribution in [0.2, 0.25) is 0 Å². The van der Waals surface area contributed by atoms with Crippen LogP contribution >= 0.6 is 0 Å². The summed E-state index contributed by atoms with van der Waals surface area (Å²) < 4.78 is 0. The van der Waals surface area contributed by atoms with E-state index < -0.39 is 54.5 Å². The molecule has 5 unspecified atom stereocenters. The number of carbonyl (C=O) groups excluding carboxylic acids is 3. The zero-order valence-electron chi connectivity index (χ0n) is 18.4. The smallest absolute Gasteiger partial charge is 0.326 e. The Kier molecular flexibility index (Phi) is 10.6. The van der Waals surface area contributed by atoms with Gasteiger partial charge in [-0.25, -0.2) is 4.79 Å². The van der Waals surface area contributed by atoms with Crippen LogP contribution in [0.3, 0.4) is 0 Å². The van der Waals surface area contributed by atoms with Crippen molar-refractivity contribution in [2.24, 2.45) is 11.7 Å². The van der Waals surface area contributed by atoms with Gasteiger partial charge in [0.15, 0.2) is 0 Å². The van der Waals surface area contributed by atoms with Gasteiger partial charge in [-0.05, 0) is 37.0 Å². The van der Waals surface area contributed by atoms with Crippen LogP contribution in [0.4, 0.5) is 0 Å². The Morgan fingerprint density at radius 1 is 0.969 bits per heavy atom. The number of aliphatic hydroxyl groups is 1. The molecule has 0 radical (unpaired) electrons. The van der Waals surface area contributed by atoms with Crippen LogP contribution in [0.15, 0.2) is 24.3 Å². The molecule has 0 heterocycles. The van der Waals surface area contributed by atoms with Crippen molar-refractivity contribution in [1.82, 2.24) is 16.0 Å². The number of nitrogens with two attached hydrogens (primary N) is 1. The maximum atomic E-state index is 12.4. The van der Waals surface area contributed by atoms with Crippen LogP contribution in [0, 0.1) is 5.92 Å². The summed E-state index contributed by atoms with van der Waals surface area (Å²) >= 11 is 0. The summed E-state index contributed by atoms with van der Waals surface area (Å²) in [5.74, 6) is -3.66. The van der Waals surface area contributed by atoms with Crippen molar-refractivity contribution in [2.75, 3.05) is 6.61 Å². The number of hydrogen-bond donors (Lipinski definition) is 7. The summed E-state index contributed by atoms with van der Waals surface area (Å²) in [6.45, 7) is 4.10. The van der Waals surface area contributed by atoms with Gasteiger partial charge >= 0.3 is 5.97 Å². The Hall–Kier alpha value is -3.18. The highest BCUT2D eigenvalue weighted by atomic mass is 16.4. The van der Waals surface area contributed by atoms with E-state index in [4.69, 9.17) is 5.73 Å². The molecule has 0 aliphatic heterocycles. The van der Waals surface area contributed by atoms with Gasteiger partial charge in [-0.15, -0.1) is 0 Å². The molecule has 0 aromatic heterocycles. The van der Waals surface area contributed by atoms with Gasteiger partial charge in [0, 0.05) is 0 Å². The van der Waals surface area contributed by atoms with Gasteiger partial charge in [0.2, 0.25) is 17.7 Å². The monoisotopic (exact) mass is 452 g/mol. The lowest BCUT2D eigenvalue weighted by molar-refractivity contribution is -0.143. The minimum absolute atomic E-state index is 0.0702. The quantitative estimate of drug-likeness (QED) is 0.207. The Labute approximate surface area is 186 Å². The molecule has 5 atom stereocenters. The molecule has 32 heavy (non-hydrogen) atoms. The van der Waals surface area contributed by atoms with Crippen molar-refractivity contribution in [3.8, 4) is 5.75 Å². The molecule has 0 saturated carbocycles. The lowest BCUT2D eigenvalue weighted by atomic mass is 9.99. The second kappa shape index (κ2) is 12.6. The fourth-order valence-corrected chi connectivity index (χ4v) is 2.79. The Morgan fingerprint density at radius 2 is 1.56 bits per heavy atom. The van der Waals surface area contributed by atoms with Crippen LogP contribution < -0.4 is 21.7 Å². The van der Waals surface area contributed by atoms with E-state index in [0.717, 1.165) is 0 Å². The average molecular weight is 453 g/mol. The zero-order chi connectivity index (χ0) is 24.4. The summed E-state index contributed by atoms with van der Waals surface area (Å²) in [6.07, 6.45) is 0.665. The number of benzene rings is 1. The van der Waals surface area contributed by atoms with Crippen LogP contribution in [-0.2, 0) is 25.6 Å². The molecule has 11 nitrogen and oxygen atoms in total. The van der Waals surface area contributed by atoms with Crippen LogP contribution in [0.1, 0.15) is 32.8 Å². The van der Waals surface area contributed by atoms with Gasteiger partial charge in [-0.1, -0.05) is 32.4 Å². The average Bonchev–Trinajstić information content (AvgIpc) is 2.75. The Morgan fingerprint density at radius 3 is 2.06 bits per heavy atom. The van der Waals surface area contributed by atoms with Gasteiger partial charge in [0.1, 0.15) is 23.9 Å². The summed E-state index contributed by atoms with van der Waals surface area (Å²) in [5.41, 5.74) is 6.55. The molecule has 3 amide bonds. The molecule has 1 aromatic carbocycles. The fraction of sp³-hybridized carbons (Fsp3) is 0.524. The van der Waals surface area contributed by atoms with Crippen molar-refractivity contribution in [2.45, 2.75) is 57.8 Å².